The number of hydrogen-bond donors (Lipinski definition) is 3. The average Bonchev–Trinajstić information content (AvgIpc) is 3.31. The van der Waals surface area contributed by atoms with Gasteiger partial charge in [-0.1, -0.05) is 18.6 Å². The minimum absolute atomic E-state index is 0.0239. The Balaban J connectivity index is 1.62. The van der Waals surface area contributed by atoms with Crippen molar-refractivity contribution in [3.63, 3.8) is 0 Å². The Morgan fingerprint density at radius 1 is 1.21 bits per heavy atom. The molecular formula is C25H33IN2O6. The number of benzene rings is 1. The maximum Gasteiger partial charge on any atom is 0.247 e. The molecule has 0 unspecified atom stereocenters. The van der Waals surface area contributed by atoms with E-state index in [1.54, 1.807) is 11.0 Å². The van der Waals surface area contributed by atoms with Gasteiger partial charge in [0.05, 0.1) is 22.3 Å². The molecule has 0 aromatic heterocycles. The Kier molecular flexibility index (Phi) is 8.84. The molecule has 4 atom stereocenters. The predicted molar refractivity (Wildman–Crippen MR) is 134 cm³/mol. The summed E-state index contributed by atoms with van der Waals surface area (Å²) in [6, 6.07) is 6.88. The third-order valence-electron chi connectivity index (χ3n) is 6.88. The van der Waals surface area contributed by atoms with Gasteiger partial charge in [-0.2, -0.15) is 0 Å². The van der Waals surface area contributed by atoms with Crippen LogP contribution in [0.2, 0.25) is 0 Å². The van der Waals surface area contributed by atoms with Crippen LogP contribution in [0.15, 0.2) is 35.9 Å². The second-order valence-electron chi connectivity index (χ2n) is 9.20. The van der Waals surface area contributed by atoms with E-state index in [9.17, 15) is 14.7 Å². The lowest BCUT2D eigenvalue weighted by atomic mass is 9.82. The lowest BCUT2D eigenvalue weighted by Gasteiger charge is -2.43. The first-order valence-corrected chi connectivity index (χ1v) is 13.2. The van der Waals surface area contributed by atoms with E-state index in [1.165, 1.54) is 0 Å². The van der Waals surface area contributed by atoms with Crippen LogP contribution in [0, 0.1) is 9.49 Å². The number of aliphatic hydroxyl groups is 2. The molecule has 1 heterocycles. The molecule has 186 valence electrons. The average molecular weight is 584 g/mol. The van der Waals surface area contributed by atoms with Crippen molar-refractivity contribution >= 4 is 34.4 Å². The molecule has 9 heteroatoms. The number of para-hydroxylation sites is 1. The number of ether oxygens (including phenoxy) is 2. The van der Waals surface area contributed by atoms with Crippen LogP contribution in [0.4, 0.5) is 0 Å². The topological polar surface area (TPSA) is 108 Å². The number of rotatable bonds is 9. The number of carbonyl (C=O) groups is 2. The van der Waals surface area contributed by atoms with Crippen molar-refractivity contribution in [1.82, 2.24) is 10.2 Å². The van der Waals surface area contributed by atoms with Gasteiger partial charge in [0.15, 0.2) is 0 Å². The fourth-order valence-electron chi connectivity index (χ4n) is 4.75. The van der Waals surface area contributed by atoms with E-state index in [1.807, 2.05) is 24.3 Å². The third-order valence-corrected chi connectivity index (χ3v) is 7.77. The first kappa shape index (κ1) is 25.4. The second-order valence-corrected chi connectivity index (χ2v) is 10.4. The largest absolute Gasteiger partial charge is 0.482 e. The van der Waals surface area contributed by atoms with Crippen molar-refractivity contribution in [3.8, 4) is 5.75 Å². The van der Waals surface area contributed by atoms with Gasteiger partial charge in [-0.3, -0.25) is 9.59 Å². The summed E-state index contributed by atoms with van der Waals surface area (Å²) in [6.45, 7) is 1.04. The molecule has 8 nitrogen and oxygen atoms in total. The number of amides is 2. The molecule has 0 spiro atoms. The third kappa shape index (κ3) is 5.92. The molecule has 1 aromatic rings. The quantitative estimate of drug-likeness (QED) is 0.384. The molecule has 4 rings (SSSR count). The first-order chi connectivity index (χ1) is 16.5. The molecule has 1 saturated heterocycles. The van der Waals surface area contributed by atoms with E-state index in [-0.39, 0.29) is 43.4 Å². The zero-order chi connectivity index (χ0) is 24.1. The highest BCUT2D eigenvalue weighted by Crippen LogP contribution is 2.34. The van der Waals surface area contributed by atoms with E-state index >= 15 is 0 Å². The highest BCUT2D eigenvalue weighted by molar-refractivity contribution is 14.1. The normalized spacial score (nSPS) is 27.0. The molecular weight excluding hydrogens is 551 g/mol. The van der Waals surface area contributed by atoms with E-state index < -0.39 is 18.2 Å². The number of carbonyl (C=O) groups excluding carboxylic acids is 2. The summed E-state index contributed by atoms with van der Waals surface area (Å²) in [7, 11) is 0. The second kappa shape index (κ2) is 11.8. The van der Waals surface area contributed by atoms with Crippen LogP contribution in [-0.4, -0.2) is 77.6 Å². The fourth-order valence-corrected chi connectivity index (χ4v) is 5.27. The lowest BCUT2D eigenvalue weighted by Crippen LogP contribution is -2.58. The van der Waals surface area contributed by atoms with Crippen LogP contribution in [0.25, 0.3) is 0 Å². The van der Waals surface area contributed by atoms with E-state index in [2.05, 4.69) is 27.9 Å². The van der Waals surface area contributed by atoms with Crippen LogP contribution >= 0.6 is 22.6 Å². The number of hydrogen-bond acceptors (Lipinski definition) is 6. The summed E-state index contributed by atoms with van der Waals surface area (Å²) in [5, 5.41) is 23.3. The molecule has 2 aliphatic carbocycles. The molecule has 2 fully saturated rings. The zero-order valence-electron chi connectivity index (χ0n) is 19.2. The van der Waals surface area contributed by atoms with Gasteiger partial charge in [0.2, 0.25) is 11.8 Å². The molecule has 1 aromatic carbocycles. The van der Waals surface area contributed by atoms with E-state index in [4.69, 9.17) is 14.6 Å². The fraction of sp³-hybridized carbons (Fsp3) is 0.600. The molecule has 3 aliphatic rings. The first-order valence-electron chi connectivity index (χ1n) is 12.1. The van der Waals surface area contributed by atoms with Crippen molar-refractivity contribution < 1.29 is 29.3 Å². The summed E-state index contributed by atoms with van der Waals surface area (Å²) >= 11 is 2.17. The molecule has 1 aliphatic heterocycles. The monoisotopic (exact) mass is 584 g/mol. The smallest absolute Gasteiger partial charge is 0.247 e. The Hall–Kier alpha value is -1.69. The Bertz CT molecular complexity index is 899. The molecule has 2 amide bonds. The molecule has 0 radical (unpaired) electrons. The zero-order valence-corrected chi connectivity index (χ0v) is 21.4. The van der Waals surface area contributed by atoms with Crippen molar-refractivity contribution in [2.75, 3.05) is 26.3 Å². The molecule has 1 saturated carbocycles. The maximum atomic E-state index is 13.5. The Morgan fingerprint density at radius 3 is 2.65 bits per heavy atom. The van der Waals surface area contributed by atoms with Crippen molar-refractivity contribution in [1.29, 1.82) is 0 Å². The molecule has 3 N–H and O–H groups in total. The summed E-state index contributed by atoms with van der Waals surface area (Å²) < 4.78 is 12.9. The van der Waals surface area contributed by atoms with Gasteiger partial charge in [-0.05, 0) is 66.5 Å². The summed E-state index contributed by atoms with van der Waals surface area (Å²) in [5.41, 5.74) is 0.443. The van der Waals surface area contributed by atoms with Crippen LogP contribution < -0.4 is 10.1 Å². The number of aliphatic hydroxyl groups excluding tert-OH is 2. The lowest BCUT2D eigenvalue weighted by molar-refractivity contribution is -0.147. The minimum atomic E-state index is -1.00. The van der Waals surface area contributed by atoms with E-state index in [0.29, 0.717) is 24.5 Å². The number of halogens is 1. The van der Waals surface area contributed by atoms with Crippen LogP contribution in [-0.2, 0) is 14.3 Å². The number of nitrogens with one attached hydrogen (secondary N) is 1. The highest BCUT2D eigenvalue weighted by Gasteiger charge is 2.43. The van der Waals surface area contributed by atoms with Crippen LogP contribution in [0.5, 0.6) is 5.75 Å². The highest BCUT2D eigenvalue weighted by atomic mass is 127. The van der Waals surface area contributed by atoms with Crippen LogP contribution in [0.1, 0.15) is 38.5 Å². The Morgan fingerprint density at radius 2 is 2.00 bits per heavy atom. The van der Waals surface area contributed by atoms with Gasteiger partial charge < -0.3 is 29.9 Å². The SMILES string of the molecule is O=C(NCCO)C1=C[C@H](Oc2ccccc2I)[C@@H](O)[C@H](N(C[C@@H]2CCCO2)C(=O)C2CCC2)C1. The van der Waals surface area contributed by atoms with Crippen molar-refractivity contribution in [2.24, 2.45) is 5.92 Å². The summed E-state index contributed by atoms with van der Waals surface area (Å²) in [5.74, 6) is 0.266. The van der Waals surface area contributed by atoms with Crippen LogP contribution in [0.3, 0.4) is 0 Å². The summed E-state index contributed by atoms with van der Waals surface area (Å²) in [4.78, 5) is 28.1. The van der Waals surface area contributed by atoms with Crippen molar-refractivity contribution in [2.45, 2.75) is 62.9 Å². The number of nitrogens with zero attached hydrogens (tertiary/aromatic N) is 1. The minimum Gasteiger partial charge on any atom is -0.482 e. The van der Waals surface area contributed by atoms with Gasteiger partial charge in [0.25, 0.3) is 0 Å². The predicted octanol–water partition coefficient (Wildman–Crippen LogP) is 2.01. The maximum absolute atomic E-state index is 13.5. The molecule has 0 bridgehead atoms. The van der Waals surface area contributed by atoms with Crippen molar-refractivity contribution in [3.05, 3.63) is 39.5 Å². The van der Waals surface area contributed by atoms with Gasteiger partial charge in [0, 0.05) is 37.6 Å². The van der Waals surface area contributed by atoms with Gasteiger partial charge >= 0.3 is 0 Å². The standard InChI is InChI=1S/C25H33IN2O6/c26-19-8-1-2-9-21(19)34-22-14-17(24(31)27-10-11-29)13-20(23(22)30)28(15-18-7-4-12-33-18)25(32)16-5-3-6-16/h1-2,8-9,14,16,18,20,22-23,29-30H,3-7,10-13,15H2,(H,27,31)/t18-,20+,22-,23-/m0/s1. The summed E-state index contributed by atoms with van der Waals surface area (Å²) in [6.07, 6.45) is 4.56. The van der Waals surface area contributed by atoms with Gasteiger partial charge in [-0.25, -0.2) is 0 Å². The van der Waals surface area contributed by atoms with Gasteiger partial charge in [-0.15, -0.1) is 0 Å². The van der Waals surface area contributed by atoms with E-state index in [0.717, 1.165) is 35.7 Å². The molecule has 34 heavy (non-hydrogen) atoms. The van der Waals surface area contributed by atoms with Gasteiger partial charge in [0.1, 0.15) is 18.0 Å². The Labute approximate surface area is 213 Å².